The van der Waals surface area contributed by atoms with Gasteiger partial charge in [-0.2, -0.15) is 0 Å². The van der Waals surface area contributed by atoms with Gasteiger partial charge in [0.05, 0.1) is 16.7 Å². The van der Waals surface area contributed by atoms with E-state index in [4.69, 9.17) is 8.83 Å². The van der Waals surface area contributed by atoms with Gasteiger partial charge in [-0.05, 0) is 83.1 Å². The molecular formula is C58H36N2O2. The summed E-state index contributed by atoms with van der Waals surface area (Å²) in [6, 6.07) is 78.0. The fourth-order valence-electron chi connectivity index (χ4n) is 9.76. The van der Waals surface area contributed by atoms with E-state index in [0.717, 1.165) is 94.3 Å². The van der Waals surface area contributed by atoms with Crippen molar-refractivity contribution in [3.05, 3.63) is 218 Å². The highest BCUT2D eigenvalue weighted by Crippen LogP contribution is 2.46. The number of rotatable bonds is 6. The number of nitrogens with zero attached hydrogens (tertiary/aromatic N) is 2. The molecule has 0 radical (unpaired) electrons. The third-order valence-electron chi connectivity index (χ3n) is 12.6. The van der Waals surface area contributed by atoms with Crippen molar-refractivity contribution in [2.45, 2.75) is 0 Å². The molecule has 4 heteroatoms. The van der Waals surface area contributed by atoms with Gasteiger partial charge in [-0.1, -0.05) is 152 Å². The maximum atomic E-state index is 6.83. The first-order valence-electron chi connectivity index (χ1n) is 21.1. The molecule has 0 saturated carbocycles. The zero-order valence-electron chi connectivity index (χ0n) is 33.5. The van der Waals surface area contributed by atoms with Crippen molar-refractivity contribution in [2.24, 2.45) is 0 Å². The minimum atomic E-state index is 0.874. The van der Waals surface area contributed by atoms with Crippen LogP contribution in [0.1, 0.15) is 0 Å². The van der Waals surface area contributed by atoms with Crippen LogP contribution >= 0.6 is 0 Å². The molecule has 3 aromatic heterocycles. The van der Waals surface area contributed by atoms with E-state index in [-0.39, 0.29) is 0 Å². The number of fused-ring (bicyclic) bond motifs is 10. The summed E-state index contributed by atoms with van der Waals surface area (Å²) in [5.74, 6) is 0. The quantitative estimate of drug-likeness (QED) is 0.168. The summed E-state index contributed by atoms with van der Waals surface area (Å²) in [6.45, 7) is 0. The van der Waals surface area contributed by atoms with Crippen molar-refractivity contribution in [3.8, 4) is 27.9 Å². The molecule has 0 aliphatic rings. The predicted molar refractivity (Wildman–Crippen MR) is 258 cm³/mol. The zero-order valence-corrected chi connectivity index (χ0v) is 33.5. The van der Waals surface area contributed by atoms with Gasteiger partial charge >= 0.3 is 0 Å². The first-order valence-corrected chi connectivity index (χ1v) is 21.1. The molecule has 0 fully saturated rings. The van der Waals surface area contributed by atoms with Crippen molar-refractivity contribution in [1.29, 1.82) is 0 Å². The third kappa shape index (κ3) is 5.27. The van der Waals surface area contributed by atoms with Gasteiger partial charge in [0.15, 0.2) is 0 Å². The molecule has 3 heterocycles. The number of hydrogen-bond acceptors (Lipinski definition) is 3. The normalized spacial score (nSPS) is 11.9. The largest absolute Gasteiger partial charge is 0.455 e. The molecule has 290 valence electrons. The first-order chi connectivity index (χ1) is 30.7. The number of para-hydroxylation sites is 6. The lowest BCUT2D eigenvalue weighted by Crippen LogP contribution is -2.12. The maximum absolute atomic E-state index is 6.83. The molecule has 62 heavy (non-hydrogen) atoms. The van der Waals surface area contributed by atoms with E-state index in [1.807, 2.05) is 12.1 Å². The molecule has 0 aliphatic carbocycles. The lowest BCUT2D eigenvalue weighted by atomic mass is 9.98. The fraction of sp³-hybridized carbons (Fsp3) is 0. The maximum Gasteiger partial charge on any atom is 0.143 e. The van der Waals surface area contributed by atoms with E-state index < -0.39 is 0 Å². The summed E-state index contributed by atoms with van der Waals surface area (Å²) in [4.78, 5) is 2.38. The lowest BCUT2D eigenvalue weighted by molar-refractivity contribution is 0.670. The molecule has 0 aliphatic heterocycles. The molecule has 0 amide bonds. The van der Waals surface area contributed by atoms with Crippen molar-refractivity contribution in [2.75, 3.05) is 4.90 Å². The van der Waals surface area contributed by atoms with Crippen LogP contribution < -0.4 is 4.90 Å². The standard InChI is InChI=1S/C58H36N2O2/c1-2-15-39-35-56-51(34-38(39)14-1)50-25-13-23-48(58(50)62-56)46-20-5-7-26-52(46)59(40-32-30-37(31-33-40)43-22-12-24-49-47-21-6-10-29-55(47)61-57(43)49)41-16-11-17-42(36-41)60-53-27-8-3-18-44(53)45-19-4-9-28-54(45)60/h1-36H. The SMILES string of the molecule is c1cc(N(c2ccc(-c3cccc4c3oc3ccccc34)cc2)c2ccccc2-c2cccc3c2oc2cc4ccccc4cc23)cc(-n2c3ccccc3c3ccccc32)c1. The Morgan fingerprint density at radius 2 is 0.903 bits per heavy atom. The number of hydrogen-bond donors (Lipinski definition) is 0. The predicted octanol–water partition coefficient (Wildman–Crippen LogP) is 16.5. The second kappa shape index (κ2) is 13.6. The summed E-state index contributed by atoms with van der Waals surface area (Å²) >= 11 is 0. The Balaban J connectivity index is 1.02. The second-order valence-electron chi connectivity index (χ2n) is 16.0. The Morgan fingerprint density at radius 3 is 1.69 bits per heavy atom. The van der Waals surface area contributed by atoms with Gasteiger partial charge in [0.2, 0.25) is 0 Å². The molecular weight excluding hydrogens is 757 g/mol. The monoisotopic (exact) mass is 792 g/mol. The Labute approximate surface area is 356 Å². The number of benzene rings is 10. The van der Waals surface area contributed by atoms with Crippen LogP contribution in [0.25, 0.3) is 104 Å². The van der Waals surface area contributed by atoms with E-state index in [1.54, 1.807) is 0 Å². The van der Waals surface area contributed by atoms with Crippen LogP contribution in [0.15, 0.2) is 227 Å². The summed E-state index contributed by atoms with van der Waals surface area (Å²) in [5.41, 5.74) is 14.3. The Morgan fingerprint density at radius 1 is 0.339 bits per heavy atom. The van der Waals surface area contributed by atoms with Crippen LogP contribution in [-0.4, -0.2) is 4.57 Å². The van der Waals surface area contributed by atoms with Gasteiger partial charge in [-0.25, -0.2) is 0 Å². The average Bonchev–Trinajstić information content (AvgIpc) is 4.01. The van der Waals surface area contributed by atoms with Gasteiger partial charge in [0.1, 0.15) is 22.3 Å². The molecule has 13 rings (SSSR count). The van der Waals surface area contributed by atoms with Crippen LogP contribution in [-0.2, 0) is 0 Å². The Kier molecular flexibility index (Phi) is 7.57. The van der Waals surface area contributed by atoms with E-state index in [0.29, 0.717) is 0 Å². The van der Waals surface area contributed by atoms with Crippen LogP contribution in [0.3, 0.4) is 0 Å². The summed E-state index contributed by atoms with van der Waals surface area (Å²) in [6.07, 6.45) is 0. The molecule has 0 N–H and O–H groups in total. The number of furan rings is 2. The third-order valence-corrected chi connectivity index (χ3v) is 12.6. The summed E-state index contributed by atoms with van der Waals surface area (Å²) in [5, 5.41) is 9.28. The topological polar surface area (TPSA) is 34.5 Å². The van der Waals surface area contributed by atoms with Gasteiger partial charge < -0.3 is 18.3 Å². The van der Waals surface area contributed by atoms with E-state index >= 15 is 0 Å². The smallest absolute Gasteiger partial charge is 0.143 e. The lowest BCUT2D eigenvalue weighted by Gasteiger charge is -2.28. The molecule has 0 spiro atoms. The van der Waals surface area contributed by atoms with Gasteiger partial charge in [-0.3, -0.25) is 0 Å². The number of aromatic nitrogens is 1. The summed E-state index contributed by atoms with van der Waals surface area (Å²) in [7, 11) is 0. The summed E-state index contributed by atoms with van der Waals surface area (Å²) < 4.78 is 15.7. The number of anilines is 3. The zero-order chi connectivity index (χ0) is 40.7. The minimum absolute atomic E-state index is 0.874. The highest BCUT2D eigenvalue weighted by atomic mass is 16.3. The van der Waals surface area contributed by atoms with Crippen molar-refractivity contribution in [3.63, 3.8) is 0 Å². The minimum Gasteiger partial charge on any atom is -0.455 e. The van der Waals surface area contributed by atoms with E-state index in [9.17, 15) is 0 Å². The molecule has 10 aromatic carbocycles. The van der Waals surface area contributed by atoms with Crippen molar-refractivity contribution in [1.82, 2.24) is 4.57 Å². The molecule has 0 saturated heterocycles. The van der Waals surface area contributed by atoms with E-state index in [2.05, 4.69) is 216 Å². The molecule has 4 nitrogen and oxygen atoms in total. The Hall–Kier alpha value is -8.34. The van der Waals surface area contributed by atoms with Gasteiger partial charge in [-0.15, -0.1) is 0 Å². The molecule has 0 bridgehead atoms. The second-order valence-corrected chi connectivity index (χ2v) is 16.0. The van der Waals surface area contributed by atoms with E-state index in [1.165, 1.54) is 27.2 Å². The van der Waals surface area contributed by atoms with Crippen molar-refractivity contribution < 1.29 is 8.83 Å². The van der Waals surface area contributed by atoms with Crippen LogP contribution in [0, 0.1) is 0 Å². The van der Waals surface area contributed by atoms with Gasteiger partial charge in [0, 0.05) is 66.1 Å². The highest BCUT2D eigenvalue weighted by Gasteiger charge is 2.22. The van der Waals surface area contributed by atoms with Crippen LogP contribution in [0.5, 0.6) is 0 Å². The molecule has 0 atom stereocenters. The average molecular weight is 793 g/mol. The molecule has 0 unspecified atom stereocenters. The Bertz CT molecular complexity index is 3830. The van der Waals surface area contributed by atoms with Crippen molar-refractivity contribution >= 4 is 93.5 Å². The highest BCUT2D eigenvalue weighted by molar-refractivity contribution is 6.15. The van der Waals surface area contributed by atoms with Crippen LogP contribution in [0.2, 0.25) is 0 Å². The van der Waals surface area contributed by atoms with Gasteiger partial charge in [0.25, 0.3) is 0 Å². The molecule has 13 aromatic rings. The fourth-order valence-corrected chi connectivity index (χ4v) is 9.76. The van der Waals surface area contributed by atoms with Crippen LogP contribution in [0.4, 0.5) is 17.1 Å². The first kappa shape index (κ1) is 34.5.